The highest BCUT2D eigenvalue weighted by molar-refractivity contribution is 6.17. The first kappa shape index (κ1) is 34.8. The fraction of sp³-hybridized carbons (Fsp3) is 0.885. The van der Waals surface area contributed by atoms with Crippen LogP contribution in [0.15, 0.2) is 0 Å². The van der Waals surface area contributed by atoms with E-state index < -0.39 is 36.4 Å². The summed E-state index contributed by atoms with van der Waals surface area (Å²) in [5.74, 6) is -1.63. The zero-order valence-corrected chi connectivity index (χ0v) is 22.8. The van der Waals surface area contributed by atoms with E-state index in [0.717, 1.165) is 44.4 Å². The Bertz CT molecular complexity index is 481. The topological polar surface area (TPSA) is 99.1 Å². The Morgan fingerprint density at radius 1 is 0.618 bits per heavy atom. The minimum absolute atomic E-state index is 0.131. The van der Waals surface area contributed by atoms with Crippen LogP contribution >= 0.6 is 11.6 Å². The second-order valence-corrected chi connectivity index (χ2v) is 8.86. The van der Waals surface area contributed by atoms with Crippen molar-refractivity contribution in [3.63, 3.8) is 0 Å². The molecule has 0 aromatic rings. The summed E-state index contributed by atoms with van der Waals surface area (Å²) in [4.78, 5) is 36.4. The van der Waals surface area contributed by atoms with Crippen LogP contribution in [0.3, 0.4) is 0 Å². The Hall–Kier alpha value is -1.34. The average Bonchev–Trinajstić information content (AvgIpc) is 2.81. The zero-order chi connectivity index (χ0) is 26.1. The molecule has 7 nitrogen and oxygen atoms in total. The normalized spacial score (nSPS) is 10.8. The van der Waals surface area contributed by atoms with Gasteiger partial charge >= 0.3 is 17.9 Å². The van der Waals surface area contributed by atoms with Gasteiger partial charge in [0.15, 0.2) is 5.60 Å². The Labute approximate surface area is 212 Å². The molecule has 0 heterocycles. The fourth-order valence-corrected chi connectivity index (χ4v) is 3.05. The molecule has 0 unspecified atom stereocenters. The summed E-state index contributed by atoms with van der Waals surface area (Å²) in [7, 11) is 0. The van der Waals surface area contributed by atoms with Crippen LogP contribution in [-0.4, -0.2) is 54.3 Å². The van der Waals surface area contributed by atoms with Crippen LogP contribution in [-0.2, 0) is 28.6 Å². The van der Waals surface area contributed by atoms with Gasteiger partial charge in [-0.15, -0.1) is 11.6 Å². The number of unbranched alkanes of at least 4 members (excludes halogenated alkanes) is 8. The lowest BCUT2D eigenvalue weighted by molar-refractivity contribution is -0.178. The zero-order valence-electron chi connectivity index (χ0n) is 22.0. The molecule has 0 rings (SSSR count). The highest BCUT2D eigenvalue weighted by Crippen LogP contribution is 2.20. The maximum Gasteiger partial charge on any atom is 0.339 e. The minimum Gasteiger partial charge on any atom is -0.466 e. The Kier molecular flexibility index (Phi) is 25.4. The van der Waals surface area contributed by atoms with Gasteiger partial charge in [-0.2, -0.15) is 0 Å². The van der Waals surface area contributed by atoms with Gasteiger partial charge in [-0.1, -0.05) is 79.1 Å². The van der Waals surface area contributed by atoms with Gasteiger partial charge in [-0.05, 0) is 25.7 Å². The lowest BCUT2D eigenvalue weighted by atomic mass is 9.95. The van der Waals surface area contributed by atoms with Crippen LogP contribution in [0.5, 0.6) is 0 Å². The molecule has 0 aromatic carbocycles. The number of esters is 3. The summed E-state index contributed by atoms with van der Waals surface area (Å²) in [5.41, 5.74) is -2.27. The summed E-state index contributed by atoms with van der Waals surface area (Å²) < 4.78 is 15.2. The number of ether oxygens (including phenoxy) is 3. The van der Waals surface area contributed by atoms with Crippen LogP contribution in [0.4, 0.5) is 0 Å². The number of hydrogen-bond acceptors (Lipinski definition) is 7. The van der Waals surface area contributed by atoms with Crippen molar-refractivity contribution in [1.82, 2.24) is 0 Å². The predicted octanol–water partition coefficient (Wildman–Crippen LogP) is 6.11. The number of alkyl halides is 1. The van der Waals surface area contributed by atoms with Crippen molar-refractivity contribution in [3.05, 3.63) is 0 Å². The Balaban J connectivity index is 0. The molecule has 0 aromatic heterocycles. The molecular weight excluding hydrogens is 460 g/mol. The number of aliphatic hydroxyl groups is 1. The number of halogens is 1. The molecule has 0 amide bonds. The monoisotopic (exact) mass is 508 g/mol. The van der Waals surface area contributed by atoms with Gasteiger partial charge in [0.05, 0.1) is 32.7 Å². The summed E-state index contributed by atoms with van der Waals surface area (Å²) in [6.45, 7) is 8.81. The highest BCUT2D eigenvalue weighted by Gasteiger charge is 2.43. The lowest BCUT2D eigenvalue weighted by Gasteiger charge is -2.24. The first-order valence-corrected chi connectivity index (χ1v) is 13.6. The Morgan fingerprint density at radius 2 is 0.971 bits per heavy atom. The van der Waals surface area contributed by atoms with Crippen LogP contribution in [0.2, 0.25) is 0 Å². The lowest BCUT2D eigenvalue weighted by Crippen LogP contribution is -2.45. The van der Waals surface area contributed by atoms with E-state index in [2.05, 4.69) is 6.92 Å². The molecule has 0 bridgehead atoms. The quantitative estimate of drug-likeness (QED) is 0.0915. The number of rotatable bonds is 20. The standard InChI is InChI=1S/C21H38O7.C5H11Cl/c1-4-7-10-13-26-18(22)16-21(25,20(24)28-15-12-9-6-3)17-19(23)27-14-11-8-5-2;1-2-3-4-5-6/h25H,4-17H2,1-3H3;2-5H2,1H3. The van der Waals surface area contributed by atoms with Gasteiger partial charge in [0.1, 0.15) is 0 Å². The third-order valence-corrected chi connectivity index (χ3v) is 5.26. The van der Waals surface area contributed by atoms with E-state index in [0.29, 0.717) is 19.3 Å². The molecule has 0 atom stereocenters. The van der Waals surface area contributed by atoms with Crippen LogP contribution in [0, 0.1) is 0 Å². The SMILES string of the molecule is CCCCCCl.CCCCCOC(=O)CC(O)(CC(=O)OCCCCC)C(=O)OCCCCC. The first-order valence-electron chi connectivity index (χ1n) is 13.1. The number of hydrogen-bond donors (Lipinski definition) is 1. The van der Waals surface area contributed by atoms with E-state index in [4.69, 9.17) is 25.8 Å². The average molecular weight is 509 g/mol. The number of carbonyl (C=O) groups excluding carboxylic acids is 3. The molecular formula is C26H49ClO7. The van der Waals surface area contributed by atoms with Crippen molar-refractivity contribution in [2.24, 2.45) is 0 Å². The van der Waals surface area contributed by atoms with Gasteiger partial charge in [-0.25, -0.2) is 4.79 Å². The smallest absolute Gasteiger partial charge is 0.339 e. The van der Waals surface area contributed by atoms with E-state index in [1.165, 1.54) is 19.3 Å². The second-order valence-electron chi connectivity index (χ2n) is 8.48. The third kappa shape index (κ3) is 21.2. The molecule has 0 saturated heterocycles. The Morgan fingerprint density at radius 3 is 1.29 bits per heavy atom. The number of carbonyl (C=O) groups is 3. The molecule has 0 spiro atoms. The fourth-order valence-electron chi connectivity index (χ4n) is 2.86. The van der Waals surface area contributed by atoms with E-state index >= 15 is 0 Å². The van der Waals surface area contributed by atoms with E-state index in [9.17, 15) is 19.5 Å². The molecule has 34 heavy (non-hydrogen) atoms. The van der Waals surface area contributed by atoms with E-state index in [-0.39, 0.29) is 19.8 Å². The van der Waals surface area contributed by atoms with Crippen molar-refractivity contribution in [3.8, 4) is 0 Å². The van der Waals surface area contributed by atoms with E-state index in [1.54, 1.807) is 0 Å². The van der Waals surface area contributed by atoms with Gasteiger partial charge in [0, 0.05) is 5.88 Å². The molecule has 0 aliphatic rings. The summed E-state index contributed by atoms with van der Waals surface area (Å²) in [6.07, 6.45) is 10.2. The predicted molar refractivity (Wildman–Crippen MR) is 136 cm³/mol. The van der Waals surface area contributed by atoms with Crippen LogP contribution in [0.1, 0.15) is 118 Å². The van der Waals surface area contributed by atoms with Crippen molar-refractivity contribution in [2.75, 3.05) is 25.7 Å². The molecule has 0 aliphatic heterocycles. The molecule has 202 valence electrons. The molecule has 8 heteroatoms. The van der Waals surface area contributed by atoms with Crippen LogP contribution < -0.4 is 0 Å². The molecule has 0 aliphatic carbocycles. The van der Waals surface area contributed by atoms with Gasteiger partial charge in [-0.3, -0.25) is 9.59 Å². The third-order valence-electron chi connectivity index (χ3n) is 4.99. The minimum atomic E-state index is -2.27. The van der Waals surface area contributed by atoms with Gasteiger partial charge in [0.25, 0.3) is 0 Å². The van der Waals surface area contributed by atoms with Crippen LogP contribution in [0.25, 0.3) is 0 Å². The van der Waals surface area contributed by atoms with E-state index in [1.807, 2.05) is 20.8 Å². The first-order chi connectivity index (χ1) is 16.3. The van der Waals surface area contributed by atoms with Gasteiger partial charge < -0.3 is 19.3 Å². The van der Waals surface area contributed by atoms with Gasteiger partial charge in [0.2, 0.25) is 0 Å². The largest absolute Gasteiger partial charge is 0.466 e. The summed E-state index contributed by atoms with van der Waals surface area (Å²) >= 11 is 5.38. The maximum absolute atomic E-state index is 12.4. The summed E-state index contributed by atoms with van der Waals surface area (Å²) in [5, 5.41) is 10.7. The van der Waals surface area contributed by atoms with Crippen molar-refractivity contribution < 1.29 is 33.7 Å². The molecule has 1 N–H and O–H groups in total. The highest BCUT2D eigenvalue weighted by atomic mass is 35.5. The maximum atomic E-state index is 12.4. The van der Waals surface area contributed by atoms with Crippen molar-refractivity contribution >= 4 is 29.5 Å². The molecule has 0 radical (unpaired) electrons. The van der Waals surface area contributed by atoms with Crippen molar-refractivity contribution in [2.45, 2.75) is 123 Å². The molecule has 0 saturated carbocycles. The summed E-state index contributed by atoms with van der Waals surface area (Å²) in [6, 6.07) is 0. The van der Waals surface area contributed by atoms with Crippen molar-refractivity contribution in [1.29, 1.82) is 0 Å². The second kappa shape index (κ2) is 24.8. The molecule has 0 fully saturated rings.